The summed E-state index contributed by atoms with van der Waals surface area (Å²) in [6, 6.07) is 6.29. The fraction of sp³-hybridized carbons (Fsp3) is 0.429. The van der Waals surface area contributed by atoms with E-state index in [4.69, 9.17) is 5.73 Å². The molecule has 100 valence electrons. The average molecular weight is 274 g/mol. The number of thioether (sulfide) groups is 1. The van der Waals surface area contributed by atoms with Gasteiger partial charge in [0.2, 0.25) is 0 Å². The summed E-state index contributed by atoms with van der Waals surface area (Å²) in [7, 11) is 0. The SMILES string of the molecule is CC1SCCN(c2ncnc3ccc(N)cc23)C1C. The third-order valence-electron chi connectivity index (χ3n) is 3.79. The van der Waals surface area contributed by atoms with Crippen LogP contribution in [-0.4, -0.2) is 33.6 Å². The Morgan fingerprint density at radius 2 is 2.16 bits per heavy atom. The summed E-state index contributed by atoms with van der Waals surface area (Å²) in [5.41, 5.74) is 7.62. The molecule has 19 heavy (non-hydrogen) atoms. The lowest BCUT2D eigenvalue weighted by Gasteiger charge is -2.38. The second-order valence-electron chi connectivity index (χ2n) is 4.98. The van der Waals surface area contributed by atoms with Gasteiger partial charge in [-0.25, -0.2) is 9.97 Å². The highest BCUT2D eigenvalue weighted by molar-refractivity contribution is 8.00. The summed E-state index contributed by atoms with van der Waals surface area (Å²) in [4.78, 5) is 11.2. The molecule has 0 saturated carbocycles. The van der Waals surface area contributed by atoms with Crippen LogP contribution in [0.5, 0.6) is 0 Å². The summed E-state index contributed by atoms with van der Waals surface area (Å²) in [5, 5.41) is 1.66. The van der Waals surface area contributed by atoms with Crippen molar-refractivity contribution in [1.82, 2.24) is 9.97 Å². The molecule has 1 aliphatic heterocycles. The quantitative estimate of drug-likeness (QED) is 0.810. The minimum absolute atomic E-state index is 0.471. The molecule has 4 nitrogen and oxygen atoms in total. The van der Waals surface area contributed by atoms with Crippen molar-refractivity contribution in [3.63, 3.8) is 0 Å². The van der Waals surface area contributed by atoms with Gasteiger partial charge >= 0.3 is 0 Å². The summed E-state index contributed by atoms with van der Waals surface area (Å²) in [6.45, 7) is 5.56. The Morgan fingerprint density at radius 1 is 1.32 bits per heavy atom. The van der Waals surface area contributed by atoms with E-state index in [2.05, 4.69) is 28.7 Å². The van der Waals surface area contributed by atoms with Crippen LogP contribution >= 0.6 is 11.8 Å². The Morgan fingerprint density at radius 3 is 3.00 bits per heavy atom. The van der Waals surface area contributed by atoms with Crippen LogP contribution < -0.4 is 10.6 Å². The van der Waals surface area contributed by atoms with Crippen LogP contribution in [-0.2, 0) is 0 Å². The number of nitrogens with two attached hydrogens (primary N) is 1. The maximum Gasteiger partial charge on any atom is 0.140 e. The molecule has 2 unspecified atom stereocenters. The van der Waals surface area contributed by atoms with E-state index in [1.54, 1.807) is 6.33 Å². The third kappa shape index (κ3) is 2.23. The molecular formula is C14H18N4S. The van der Waals surface area contributed by atoms with Crippen LogP contribution in [0.3, 0.4) is 0 Å². The van der Waals surface area contributed by atoms with Crippen LogP contribution in [0.15, 0.2) is 24.5 Å². The van der Waals surface area contributed by atoms with Gasteiger partial charge in [-0.3, -0.25) is 0 Å². The predicted octanol–water partition coefficient (Wildman–Crippen LogP) is 2.54. The van der Waals surface area contributed by atoms with Crippen molar-refractivity contribution in [2.75, 3.05) is 22.9 Å². The second-order valence-corrected chi connectivity index (χ2v) is 6.47. The fourth-order valence-electron chi connectivity index (χ4n) is 2.52. The lowest BCUT2D eigenvalue weighted by molar-refractivity contribution is 0.622. The first kappa shape index (κ1) is 12.5. The van der Waals surface area contributed by atoms with Crippen molar-refractivity contribution < 1.29 is 0 Å². The van der Waals surface area contributed by atoms with Crippen molar-refractivity contribution in [2.24, 2.45) is 0 Å². The van der Waals surface area contributed by atoms with Gasteiger partial charge in [-0.05, 0) is 25.1 Å². The Balaban J connectivity index is 2.11. The van der Waals surface area contributed by atoms with Gasteiger partial charge in [0, 0.05) is 34.7 Å². The van der Waals surface area contributed by atoms with E-state index < -0.39 is 0 Å². The summed E-state index contributed by atoms with van der Waals surface area (Å²) < 4.78 is 0. The minimum Gasteiger partial charge on any atom is -0.399 e. The molecule has 2 atom stereocenters. The molecule has 1 aromatic heterocycles. The van der Waals surface area contributed by atoms with Crippen LogP contribution in [0.25, 0.3) is 10.9 Å². The van der Waals surface area contributed by atoms with Crippen LogP contribution in [0.4, 0.5) is 11.5 Å². The Hall–Kier alpha value is -1.49. The monoisotopic (exact) mass is 274 g/mol. The zero-order chi connectivity index (χ0) is 13.4. The molecule has 0 radical (unpaired) electrons. The number of hydrogen-bond acceptors (Lipinski definition) is 5. The van der Waals surface area contributed by atoms with Gasteiger partial charge in [0.15, 0.2) is 0 Å². The number of anilines is 2. The predicted molar refractivity (Wildman–Crippen MR) is 82.7 cm³/mol. The highest BCUT2D eigenvalue weighted by Crippen LogP contribution is 2.32. The molecule has 5 heteroatoms. The van der Waals surface area contributed by atoms with E-state index in [9.17, 15) is 0 Å². The molecule has 1 fully saturated rings. The van der Waals surface area contributed by atoms with Gasteiger partial charge in [0.05, 0.1) is 5.52 Å². The van der Waals surface area contributed by atoms with Crippen molar-refractivity contribution in [3.8, 4) is 0 Å². The lowest BCUT2D eigenvalue weighted by atomic mass is 10.1. The van der Waals surface area contributed by atoms with Gasteiger partial charge < -0.3 is 10.6 Å². The van der Waals surface area contributed by atoms with E-state index >= 15 is 0 Å². The number of benzene rings is 1. The smallest absolute Gasteiger partial charge is 0.140 e. The highest BCUT2D eigenvalue weighted by atomic mass is 32.2. The van der Waals surface area contributed by atoms with Gasteiger partial charge in [-0.2, -0.15) is 11.8 Å². The van der Waals surface area contributed by atoms with Crippen molar-refractivity contribution in [2.45, 2.75) is 25.1 Å². The summed E-state index contributed by atoms with van der Waals surface area (Å²) >= 11 is 2.02. The van der Waals surface area contributed by atoms with E-state index in [0.717, 1.165) is 34.7 Å². The molecule has 0 spiro atoms. The number of fused-ring (bicyclic) bond motifs is 1. The van der Waals surface area contributed by atoms with Crippen molar-refractivity contribution in [3.05, 3.63) is 24.5 Å². The van der Waals surface area contributed by atoms with Gasteiger partial charge in [0.25, 0.3) is 0 Å². The highest BCUT2D eigenvalue weighted by Gasteiger charge is 2.27. The number of hydrogen-bond donors (Lipinski definition) is 1. The molecule has 0 bridgehead atoms. The fourth-order valence-corrected chi connectivity index (χ4v) is 3.62. The number of nitrogen functional groups attached to an aromatic ring is 1. The molecular weight excluding hydrogens is 256 g/mol. The van der Waals surface area contributed by atoms with Crippen LogP contribution in [0.1, 0.15) is 13.8 Å². The molecule has 2 aromatic rings. The number of nitrogens with zero attached hydrogens (tertiary/aromatic N) is 3. The molecule has 1 aliphatic rings. The summed E-state index contributed by atoms with van der Waals surface area (Å²) in [6.07, 6.45) is 1.65. The first-order chi connectivity index (χ1) is 9.16. The topological polar surface area (TPSA) is 55.0 Å². The van der Waals surface area contributed by atoms with Gasteiger partial charge in [-0.1, -0.05) is 6.92 Å². The van der Waals surface area contributed by atoms with Crippen LogP contribution in [0.2, 0.25) is 0 Å². The number of aromatic nitrogens is 2. The molecule has 1 aromatic carbocycles. The zero-order valence-corrected chi connectivity index (χ0v) is 12.0. The van der Waals surface area contributed by atoms with Crippen molar-refractivity contribution in [1.29, 1.82) is 0 Å². The lowest BCUT2D eigenvalue weighted by Crippen LogP contribution is -2.45. The molecule has 0 aliphatic carbocycles. The largest absolute Gasteiger partial charge is 0.399 e. The normalized spacial score (nSPS) is 23.8. The zero-order valence-electron chi connectivity index (χ0n) is 11.2. The van der Waals surface area contributed by atoms with E-state index in [0.29, 0.717) is 11.3 Å². The van der Waals surface area contributed by atoms with E-state index in [1.165, 1.54) is 0 Å². The summed E-state index contributed by atoms with van der Waals surface area (Å²) in [5.74, 6) is 2.15. The minimum atomic E-state index is 0.471. The van der Waals surface area contributed by atoms with Gasteiger partial charge in [-0.15, -0.1) is 0 Å². The number of rotatable bonds is 1. The molecule has 3 rings (SSSR count). The Labute approximate surface area is 117 Å². The molecule has 0 amide bonds. The second kappa shape index (κ2) is 4.89. The Kier molecular flexibility index (Phi) is 3.22. The average Bonchev–Trinajstić information content (AvgIpc) is 2.41. The molecule has 1 saturated heterocycles. The standard InChI is InChI=1S/C14H18N4S/c1-9-10(2)19-6-5-18(9)14-12-7-11(15)3-4-13(12)16-8-17-14/h3-4,7-10H,5-6,15H2,1-2H3. The van der Waals surface area contributed by atoms with E-state index in [1.807, 2.05) is 30.0 Å². The van der Waals surface area contributed by atoms with Gasteiger partial charge in [0.1, 0.15) is 12.1 Å². The Bertz CT molecular complexity index is 601. The van der Waals surface area contributed by atoms with Crippen LogP contribution in [0, 0.1) is 0 Å². The first-order valence-electron chi connectivity index (χ1n) is 6.55. The maximum absolute atomic E-state index is 5.91. The van der Waals surface area contributed by atoms with Crippen molar-refractivity contribution >= 4 is 34.2 Å². The van der Waals surface area contributed by atoms with E-state index in [-0.39, 0.29) is 0 Å². The first-order valence-corrected chi connectivity index (χ1v) is 7.60. The molecule has 2 N–H and O–H groups in total. The maximum atomic E-state index is 5.91. The third-order valence-corrected chi connectivity index (χ3v) is 5.13. The molecule has 2 heterocycles.